The molecule has 0 atom stereocenters. The van der Waals surface area contributed by atoms with Crippen LogP contribution in [0.1, 0.15) is 24.6 Å². The van der Waals surface area contributed by atoms with Crippen molar-refractivity contribution in [2.75, 3.05) is 11.9 Å². The van der Waals surface area contributed by atoms with E-state index in [0.717, 1.165) is 35.8 Å². The molecule has 0 aliphatic carbocycles. The summed E-state index contributed by atoms with van der Waals surface area (Å²) in [6.07, 6.45) is 2.73. The number of furan rings is 1. The Morgan fingerprint density at radius 1 is 1.29 bits per heavy atom. The fourth-order valence-electron chi connectivity index (χ4n) is 1.62. The molecule has 0 aliphatic rings. The molecule has 0 radical (unpaired) electrons. The van der Waals surface area contributed by atoms with Gasteiger partial charge in [-0.1, -0.05) is 6.92 Å². The van der Waals surface area contributed by atoms with Gasteiger partial charge >= 0.3 is 0 Å². The van der Waals surface area contributed by atoms with E-state index in [1.54, 1.807) is 6.26 Å². The molecule has 0 aromatic carbocycles. The van der Waals surface area contributed by atoms with Gasteiger partial charge in [-0.15, -0.1) is 0 Å². The molecule has 17 heavy (non-hydrogen) atoms. The van der Waals surface area contributed by atoms with Gasteiger partial charge in [0.05, 0.1) is 6.26 Å². The number of hydrogen-bond donors (Lipinski definition) is 1. The highest BCUT2D eigenvalue weighted by molar-refractivity contribution is 5.55. The Morgan fingerprint density at radius 3 is 2.76 bits per heavy atom. The summed E-state index contributed by atoms with van der Waals surface area (Å²) < 4.78 is 5.41. The van der Waals surface area contributed by atoms with Crippen molar-refractivity contribution >= 4 is 5.82 Å². The third-order valence-corrected chi connectivity index (χ3v) is 2.48. The van der Waals surface area contributed by atoms with Crippen molar-refractivity contribution in [1.29, 1.82) is 0 Å². The van der Waals surface area contributed by atoms with E-state index in [-0.39, 0.29) is 0 Å². The first-order valence-corrected chi connectivity index (χ1v) is 5.84. The molecule has 2 aromatic heterocycles. The van der Waals surface area contributed by atoms with E-state index in [9.17, 15) is 0 Å². The molecule has 0 saturated heterocycles. The lowest BCUT2D eigenvalue weighted by molar-refractivity contribution is 0.575. The Morgan fingerprint density at radius 2 is 2.12 bits per heavy atom. The number of aromatic nitrogens is 2. The number of rotatable bonds is 4. The number of nitrogens with zero attached hydrogens (tertiary/aromatic N) is 2. The van der Waals surface area contributed by atoms with Crippen LogP contribution in [0.5, 0.6) is 0 Å². The van der Waals surface area contributed by atoms with E-state index in [1.807, 2.05) is 26.0 Å². The Labute approximate surface area is 101 Å². The second kappa shape index (κ2) is 4.99. The molecule has 0 saturated carbocycles. The topological polar surface area (TPSA) is 51.0 Å². The summed E-state index contributed by atoms with van der Waals surface area (Å²) in [5.74, 6) is 2.24. The van der Waals surface area contributed by atoms with Crippen molar-refractivity contribution in [3.05, 3.63) is 29.7 Å². The van der Waals surface area contributed by atoms with Crippen LogP contribution < -0.4 is 5.32 Å². The Balaban J connectivity index is 2.35. The summed E-state index contributed by atoms with van der Waals surface area (Å²) in [4.78, 5) is 8.86. The highest BCUT2D eigenvalue weighted by Crippen LogP contribution is 2.22. The maximum atomic E-state index is 5.41. The third-order valence-electron chi connectivity index (χ3n) is 2.48. The number of hydrogen-bond acceptors (Lipinski definition) is 4. The first-order valence-electron chi connectivity index (χ1n) is 5.84. The maximum absolute atomic E-state index is 5.41. The van der Waals surface area contributed by atoms with Crippen LogP contribution in [0.15, 0.2) is 22.8 Å². The van der Waals surface area contributed by atoms with Crippen LogP contribution in [0.25, 0.3) is 11.6 Å². The van der Waals surface area contributed by atoms with Crippen molar-refractivity contribution in [1.82, 2.24) is 9.97 Å². The van der Waals surface area contributed by atoms with Gasteiger partial charge in [-0.05, 0) is 31.9 Å². The van der Waals surface area contributed by atoms with Gasteiger partial charge in [0.1, 0.15) is 5.82 Å². The standard InChI is InChI=1S/C13H17N3O/c1-4-6-14-11-8-10(3)15-13(16-11)12-9(2)5-7-17-12/h5,7-8H,4,6H2,1-3H3,(H,14,15,16). The van der Waals surface area contributed by atoms with Crippen LogP contribution in [-0.4, -0.2) is 16.5 Å². The zero-order chi connectivity index (χ0) is 12.3. The average molecular weight is 231 g/mol. The minimum absolute atomic E-state index is 0.645. The molecule has 2 rings (SSSR count). The first-order chi connectivity index (χ1) is 8.20. The molecule has 0 bridgehead atoms. The molecule has 90 valence electrons. The van der Waals surface area contributed by atoms with Gasteiger partial charge in [0, 0.05) is 18.3 Å². The van der Waals surface area contributed by atoms with Crippen molar-refractivity contribution in [3.63, 3.8) is 0 Å². The van der Waals surface area contributed by atoms with Crippen LogP contribution in [-0.2, 0) is 0 Å². The molecule has 2 aromatic rings. The Kier molecular flexibility index (Phi) is 3.42. The molecule has 0 amide bonds. The molecule has 4 heteroatoms. The van der Waals surface area contributed by atoms with E-state index in [0.29, 0.717) is 5.82 Å². The fraction of sp³-hybridized carbons (Fsp3) is 0.385. The highest BCUT2D eigenvalue weighted by atomic mass is 16.3. The number of anilines is 1. The van der Waals surface area contributed by atoms with Gasteiger partial charge in [-0.25, -0.2) is 9.97 Å². The molecular weight excluding hydrogens is 214 g/mol. The lowest BCUT2D eigenvalue weighted by Crippen LogP contribution is -2.04. The van der Waals surface area contributed by atoms with E-state index < -0.39 is 0 Å². The Hall–Kier alpha value is -1.84. The summed E-state index contributed by atoms with van der Waals surface area (Å²) in [6, 6.07) is 3.86. The van der Waals surface area contributed by atoms with Crippen LogP contribution >= 0.6 is 0 Å². The maximum Gasteiger partial charge on any atom is 0.198 e. The van der Waals surface area contributed by atoms with E-state index in [1.165, 1.54) is 0 Å². The molecule has 0 spiro atoms. The van der Waals surface area contributed by atoms with Gasteiger partial charge in [0.25, 0.3) is 0 Å². The predicted molar refractivity (Wildman–Crippen MR) is 68.0 cm³/mol. The minimum Gasteiger partial charge on any atom is -0.461 e. The predicted octanol–water partition coefficient (Wildman–Crippen LogP) is 3.18. The van der Waals surface area contributed by atoms with Gasteiger partial charge in [0.15, 0.2) is 11.6 Å². The zero-order valence-electron chi connectivity index (χ0n) is 10.4. The number of aryl methyl sites for hydroxylation is 2. The zero-order valence-corrected chi connectivity index (χ0v) is 10.4. The molecule has 4 nitrogen and oxygen atoms in total. The van der Waals surface area contributed by atoms with Crippen LogP contribution in [0.2, 0.25) is 0 Å². The molecular formula is C13H17N3O. The largest absolute Gasteiger partial charge is 0.461 e. The number of nitrogens with one attached hydrogen (secondary N) is 1. The van der Waals surface area contributed by atoms with Gasteiger partial charge in [0.2, 0.25) is 0 Å². The molecule has 0 aliphatic heterocycles. The second-order valence-corrected chi connectivity index (χ2v) is 4.08. The van der Waals surface area contributed by atoms with Crippen molar-refractivity contribution < 1.29 is 4.42 Å². The summed E-state index contributed by atoms with van der Waals surface area (Å²) >= 11 is 0. The fourth-order valence-corrected chi connectivity index (χ4v) is 1.62. The molecule has 0 unspecified atom stereocenters. The third kappa shape index (κ3) is 2.64. The lowest BCUT2D eigenvalue weighted by Gasteiger charge is -2.06. The minimum atomic E-state index is 0.645. The molecule has 1 N–H and O–H groups in total. The summed E-state index contributed by atoms with van der Waals surface area (Å²) in [7, 11) is 0. The normalized spacial score (nSPS) is 10.5. The lowest BCUT2D eigenvalue weighted by atomic mass is 10.2. The van der Waals surface area contributed by atoms with Crippen LogP contribution in [0.4, 0.5) is 5.82 Å². The van der Waals surface area contributed by atoms with Crippen molar-refractivity contribution in [2.45, 2.75) is 27.2 Å². The van der Waals surface area contributed by atoms with Crippen LogP contribution in [0.3, 0.4) is 0 Å². The smallest absolute Gasteiger partial charge is 0.198 e. The molecule has 0 fully saturated rings. The summed E-state index contributed by atoms with van der Waals surface area (Å²) in [5.41, 5.74) is 1.99. The highest BCUT2D eigenvalue weighted by Gasteiger charge is 2.10. The first kappa shape index (κ1) is 11.6. The van der Waals surface area contributed by atoms with Gasteiger partial charge < -0.3 is 9.73 Å². The van der Waals surface area contributed by atoms with E-state index in [4.69, 9.17) is 4.42 Å². The van der Waals surface area contributed by atoms with Crippen molar-refractivity contribution in [3.8, 4) is 11.6 Å². The van der Waals surface area contributed by atoms with Gasteiger partial charge in [-0.2, -0.15) is 0 Å². The van der Waals surface area contributed by atoms with Gasteiger partial charge in [-0.3, -0.25) is 0 Å². The Bertz CT molecular complexity index is 505. The van der Waals surface area contributed by atoms with E-state index in [2.05, 4.69) is 22.2 Å². The summed E-state index contributed by atoms with van der Waals surface area (Å²) in [6.45, 7) is 6.98. The average Bonchev–Trinajstić information content (AvgIpc) is 2.72. The SMILES string of the molecule is CCCNc1cc(C)nc(-c2occc2C)n1. The molecule has 2 heterocycles. The van der Waals surface area contributed by atoms with Crippen LogP contribution in [0, 0.1) is 13.8 Å². The second-order valence-electron chi connectivity index (χ2n) is 4.08. The quantitative estimate of drug-likeness (QED) is 0.878. The monoisotopic (exact) mass is 231 g/mol. The van der Waals surface area contributed by atoms with Crippen molar-refractivity contribution in [2.24, 2.45) is 0 Å². The van der Waals surface area contributed by atoms with E-state index >= 15 is 0 Å². The summed E-state index contributed by atoms with van der Waals surface area (Å²) in [5, 5.41) is 3.26.